The van der Waals surface area contributed by atoms with Gasteiger partial charge in [0.05, 0.1) is 11.0 Å². The summed E-state index contributed by atoms with van der Waals surface area (Å²) in [6.07, 6.45) is 1.92. The molecule has 6 aromatic rings. The van der Waals surface area contributed by atoms with Crippen molar-refractivity contribution < 1.29 is 43.2 Å². The minimum absolute atomic E-state index is 0.0357. The molecule has 0 spiro atoms. The number of benzene rings is 4. The first-order valence-corrected chi connectivity index (χ1v) is 16.7. The fraction of sp³-hybridized carbons (Fsp3) is 0.194. The summed E-state index contributed by atoms with van der Waals surface area (Å²) in [6, 6.07) is 32.5. The highest BCUT2D eigenvalue weighted by Crippen LogP contribution is 2.35. The minimum atomic E-state index is -6.00. The summed E-state index contributed by atoms with van der Waals surface area (Å²) in [5.41, 5.74) is 7.63. The fourth-order valence-electron chi connectivity index (χ4n) is 5.41. The number of fused-ring (bicyclic) bond motifs is 3. The Labute approximate surface area is 271 Å². The molecule has 0 aliphatic carbocycles. The Bertz CT molecular complexity index is 1970. The SMILES string of the molecule is Cc1cc(C)c([I+]c2cccc(Oc3ccc4c5ccccc5n(-c5cc(C(C)(C)C)ccn5)c4c3)c2)c(C)c1.F[B-](F)(F)F. The van der Waals surface area contributed by atoms with Crippen LogP contribution < -0.4 is 25.9 Å². The molecule has 0 saturated carbocycles. The van der Waals surface area contributed by atoms with Crippen molar-refractivity contribution >= 4 is 29.1 Å². The van der Waals surface area contributed by atoms with Crippen LogP contribution in [0.25, 0.3) is 27.6 Å². The lowest BCUT2D eigenvalue weighted by Crippen LogP contribution is -3.62. The lowest BCUT2D eigenvalue weighted by molar-refractivity contribution is -0.598. The summed E-state index contributed by atoms with van der Waals surface area (Å²) in [4.78, 5) is 4.81. The highest BCUT2D eigenvalue weighted by Gasteiger charge is 2.23. The third-order valence-electron chi connectivity index (χ3n) is 7.30. The fourth-order valence-corrected chi connectivity index (χ4v) is 8.05. The molecule has 0 aliphatic heterocycles. The van der Waals surface area contributed by atoms with Crippen molar-refractivity contribution in [2.24, 2.45) is 0 Å². The molecular weight excluding hydrogens is 690 g/mol. The second-order valence-electron chi connectivity index (χ2n) is 12.0. The first kappa shape index (κ1) is 32.5. The molecule has 0 atom stereocenters. The molecule has 3 nitrogen and oxygen atoms in total. The van der Waals surface area contributed by atoms with Crippen molar-refractivity contribution in [3.63, 3.8) is 0 Å². The number of hydrogen-bond donors (Lipinski definition) is 0. The number of rotatable bonds is 5. The Morgan fingerprint density at radius 1 is 0.711 bits per heavy atom. The van der Waals surface area contributed by atoms with Crippen LogP contribution in [-0.2, 0) is 5.41 Å². The van der Waals surface area contributed by atoms with Crippen molar-refractivity contribution in [2.75, 3.05) is 0 Å². The number of aromatic nitrogens is 2. The van der Waals surface area contributed by atoms with Crippen LogP contribution in [0.4, 0.5) is 17.3 Å². The zero-order valence-corrected chi connectivity index (χ0v) is 28.2. The zero-order chi connectivity index (χ0) is 32.5. The maximum Gasteiger partial charge on any atom is 0.673 e. The molecular formula is C36H34BF4IN2O. The highest BCUT2D eigenvalue weighted by atomic mass is 127. The van der Waals surface area contributed by atoms with Crippen molar-refractivity contribution in [3.8, 4) is 17.3 Å². The maximum atomic E-state index is 9.75. The molecule has 0 fully saturated rings. The van der Waals surface area contributed by atoms with Crippen LogP contribution in [0.15, 0.2) is 97.2 Å². The van der Waals surface area contributed by atoms with Gasteiger partial charge in [-0.1, -0.05) is 62.7 Å². The summed E-state index contributed by atoms with van der Waals surface area (Å²) >= 11 is -0.305. The van der Waals surface area contributed by atoms with Crippen LogP contribution in [0, 0.1) is 27.9 Å². The Morgan fingerprint density at radius 3 is 2.04 bits per heavy atom. The molecule has 4 aromatic carbocycles. The average Bonchev–Trinajstić information content (AvgIpc) is 3.27. The third-order valence-corrected chi connectivity index (χ3v) is 10.8. The van der Waals surface area contributed by atoms with Gasteiger partial charge in [-0.3, -0.25) is 4.57 Å². The molecule has 2 heterocycles. The Hall–Kier alpha value is -3.86. The average molecular weight is 724 g/mol. The second kappa shape index (κ2) is 12.9. The van der Waals surface area contributed by atoms with Gasteiger partial charge in [0.1, 0.15) is 17.3 Å². The second-order valence-corrected chi connectivity index (χ2v) is 14.9. The molecule has 45 heavy (non-hydrogen) atoms. The number of halogens is 5. The van der Waals surface area contributed by atoms with E-state index < -0.39 is 7.25 Å². The Morgan fingerprint density at radius 2 is 1.36 bits per heavy atom. The van der Waals surface area contributed by atoms with Gasteiger partial charge in [0.2, 0.25) is 0 Å². The van der Waals surface area contributed by atoms with Gasteiger partial charge in [0.15, 0.2) is 7.14 Å². The zero-order valence-electron chi connectivity index (χ0n) is 26.0. The normalized spacial score (nSPS) is 11.9. The standard InChI is InChI=1S/C36H34IN2O.BF4/c1-23-18-24(2)35(25(3)19-23)37-27-10-9-11-28(21-27)40-29-14-15-31-30-12-7-8-13-32(30)39(33(31)22-29)34-20-26(16-17-38-34)36(4,5)6;2-1(3,4)5/h7-22H,1-6H3;/q+1;-1. The van der Waals surface area contributed by atoms with E-state index in [0.717, 1.165) is 28.4 Å². The van der Waals surface area contributed by atoms with Crippen molar-refractivity contribution in [3.05, 3.63) is 127 Å². The topological polar surface area (TPSA) is 27.1 Å². The van der Waals surface area contributed by atoms with Crippen LogP contribution in [-0.4, -0.2) is 16.8 Å². The summed E-state index contributed by atoms with van der Waals surface area (Å²) in [5, 5.41) is 2.40. The van der Waals surface area contributed by atoms with E-state index in [2.05, 4.69) is 137 Å². The first-order chi connectivity index (χ1) is 21.2. The van der Waals surface area contributed by atoms with Gasteiger partial charge in [0.25, 0.3) is 0 Å². The summed E-state index contributed by atoms with van der Waals surface area (Å²) in [6.45, 7) is 13.3. The van der Waals surface area contributed by atoms with E-state index in [-0.39, 0.29) is 26.6 Å². The van der Waals surface area contributed by atoms with Gasteiger partial charge in [0, 0.05) is 40.2 Å². The van der Waals surface area contributed by atoms with E-state index >= 15 is 0 Å². The van der Waals surface area contributed by atoms with E-state index in [9.17, 15) is 17.3 Å². The van der Waals surface area contributed by atoms with Crippen LogP contribution in [0.2, 0.25) is 0 Å². The Kier molecular flexibility index (Phi) is 9.30. The van der Waals surface area contributed by atoms with Gasteiger partial charge in [-0.15, -0.1) is 0 Å². The van der Waals surface area contributed by atoms with Gasteiger partial charge < -0.3 is 22.0 Å². The summed E-state index contributed by atoms with van der Waals surface area (Å²) in [7, 11) is -6.00. The van der Waals surface area contributed by atoms with E-state index in [1.807, 2.05) is 6.20 Å². The molecule has 0 unspecified atom stereocenters. The van der Waals surface area contributed by atoms with Crippen LogP contribution in [0.3, 0.4) is 0 Å². The number of pyridine rings is 1. The predicted octanol–water partition coefficient (Wildman–Crippen LogP) is 7.62. The van der Waals surface area contributed by atoms with E-state index in [1.54, 1.807) is 0 Å². The van der Waals surface area contributed by atoms with Crippen LogP contribution in [0.5, 0.6) is 11.5 Å². The van der Waals surface area contributed by atoms with Crippen molar-refractivity contribution in [2.45, 2.75) is 47.0 Å². The summed E-state index contributed by atoms with van der Waals surface area (Å²) < 4.78 is 50.6. The Balaban J connectivity index is 0.000000743. The molecule has 0 bridgehead atoms. The quantitative estimate of drug-likeness (QED) is 0.104. The molecule has 9 heteroatoms. The monoisotopic (exact) mass is 724 g/mol. The van der Waals surface area contributed by atoms with Gasteiger partial charge in [-0.2, -0.15) is 0 Å². The molecule has 2 aromatic heterocycles. The van der Waals surface area contributed by atoms with E-state index in [1.165, 1.54) is 40.2 Å². The molecule has 0 N–H and O–H groups in total. The molecule has 0 saturated heterocycles. The molecule has 0 radical (unpaired) electrons. The van der Waals surface area contributed by atoms with Crippen molar-refractivity contribution in [1.82, 2.24) is 9.55 Å². The van der Waals surface area contributed by atoms with Gasteiger partial charge >= 0.3 is 28.5 Å². The van der Waals surface area contributed by atoms with Gasteiger partial charge in [-0.05, 0) is 74.2 Å². The number of aryl methyl sites for hydroxylation is 3. The largest absolute Gasteiger partial charge is 0.673 e. The number of hydrogen-bond acceptors (Lipinski definition) is 2. The van der Waals surface area contributed by atoms with Gasteiger partial charge in [-0.25, -0.2) is 4.98 Å². The number of ether oxygens (including phenoxy) is 1. The van der Waals surface area contributed by atoms with E-state index in [0.29, 0.717) is 0 Å². The number of nitrogens with zero attached hydrogens (tertiary/aromatic N) is 2. The lowest BCUT2D eigenvalue weighted by atomic mass is 9.88. The number of para-hydroxylation sites is 1. The van der Waals surface area contributed by atoms with Crippen LogP contribution >= 0.6 is 0 Å². The summed E-state index contributed by atoms with van der Waals surface area (Å²) in [5.74, 6) is 2.61. The minimum Gasteiger partial charge on any atom is -0.457 e. The maximum absolute atomic E-state index is 9.75. The third kappa shape index (κ3) is 7.87. The lowest BCUT2D eigenvalue weighted by Gasteiger charge is -2.20. The highest BCUT2D eigenvalue weighted by molar-refractivity contribution is 6.50. The van der Waals surface area contributed by atoms with Crippen molar-refractivity contribution in [1.29, 1.82) is 0 Å². The first-order valence-electron chi connectivity index (χ1n) is 14.6. The molecule has 0 aliphatic rings. The molecule has 0 amide bonds. The molecule has 6 rings (SSSR count). The predicted molar refractivity (Wildman–Crippen MR) is 172 cm³/mol. The van der Waals surface area contributed by atoms with Crippen LogP contribution in [0.1, 0.15) is 43.0 Å². The van der Waals surface area contributed by atoms with E-state index in [4.69, 9.17) is 9.72 Å². The smallest absolute Gasteiger partial charge is 0.457 e. The molecule has 232 valence electrons.